The van der Waals surface area contributed by atoms with Gasteiger partial charge in [0, 0.05) is 6.42 Å². The average molecular weight is 308 g/mol. The Kier molecular flexibility index (Phi) is 3.13. The van der Waals surface area contributed by atoms with Crippen LogP contribution in [-0.2, 0) is 23.8 Å². The maximum atomic E-state index is 12.7. The Hall–Kier alpha value is -1.85. The molecule has 0 aromatic carbocycles. The van der Waals surface area contributed by atoms with Crippen molar-refractivity contribution in [3.63, 3.8) is 0 Å². The molecule has 0 aromatic heterocycles. The highest BCUT2D eigenvalue weighted by Gasteiger charge is 2.79. The Morgan fingerprint density at radius 1 is 1.32 bits per heavy atom. The second kappa shape index (κ2) is 4.57. The molecular formula is C16H20O6. The van der Waals surface area contributed by atoms with Gasteiger partial charge in [0.1, 0.15) is 23.4 Å². The molecule has 1 aliphatic heterocycles. The molecule has 6 heteroatoms. The molecule has 3 aliphatic rings. The quantitative estimate of drug-likeness (QED) is 0.587. The zero-order valence-electron chi connectivity index (χ0n) is 12.9. The zero-order chi connectivity index (χ0) is 16.2. The van der Waals surface area contributed by atoms with E-state index in [0.29, 0.717) is 12.8 Å². The molecule has 0 unspecified atom stereocenters. The number of rotatable bonds is 3. The van der Waals surface area contributed by atoms with E-state index in [0.717, 1.165) is 5.57 Å². The number of hydrogen-bond donors (Lipinski definition) is 0. The lowest BCUT2D eigenvalue weighted by atomic mass is 9.66. The molecule has 1 saturated heterocycles. The first-order chi connectivity index (χ1) is 10.3. The topological polar surface area (TPSA) is 78.9 Å². The lowest BCUT2D eigenvalue weighted by Crippen LogP contribution is -2.51. The second-order valence-corrected chi connectivity index (χ2v) is 6.62. The fourth-order valence-electron chi connectivity index (χ4n) is 4.55. The Morgan fingerprint density at radius 2 is 2.05 bits per heavy atom. The number of ketones is 1. The highest BCUT2D eigenvalue weighted by atomic mass is 16.7. The Bertz CT molecular complexity index is 581. The van der Waals surface area contributed by atoms with Crippen LogP contribution in [0.5, 0.6) is 0 Å². The van der Waals surface area contributed by atoms with Crippen LogP contribution in [0, 0.1) is 10.8 Å². The highest BCUT2D eigenvalue weighted by Crippen LogP contribution is 2.70. The van der Waals surface area contributed by atoms with Crippen molar-refractivity contribution in [2.45, 2.75) is 45.1 Å². The van der Waals surface area contributed by atoms with Crippen LogP contribution in [0.2, 0.25) is 0 Å². The van der Waals surface area contributed by atoms with Gasteiger partial charge in [0.25, 0.3) is 0 Å². The fourth-order valence-corrected chi connectivity index (χ4v) is 4.55. The van der Waals surface area contributed by atoms with Crippen molar-refractivity contribution in [1.82, 2.24) is 0 Å². The number of carbonyl (C=O) groups excluding carboxylic acids is 3. The van der Waals surface area contributed by atoms with Crippen LogP contribution >= 0.6 is 0 Å². The number of esters is 1. The van der Waals surface area contributed by atoms with Crippen LogP contribution in [0.1, 0.15) is 39.5 Å². The van der Waals surface area contributed by atoms with Crippen LogP contribution in [-0.4, -0.2) is 36.7 Å². The first-order valence-electron chi connectivity index (χ1n) is 7.54. The first kappa shape index (κ1) is 15.1. The summed E-state index contributed by atoms with van der Waals surface area (Å²) >= 11 is 0. The summed E-state index contributed by atoms with van der Waals surface area (Å²) in [6.45, 7) is 7.74. The summed E-state index contributed by atoms with van der Waals surface area (Å²) < 4.78 is 15.6. The van der Waals surface area contributed by atoms with Crippen molar-refractivity contribution in [2.24, 2.45) is 10.8 Å². The monoisotopic (exact) mass is 308 g/mol. The smallest absolute Gasteiger partial charge is 0.457 e. The van der Waals surface area contributed by atoms with Gasteiger partial charge in [0.2, 0.25) is 0 Å². The van der Waals surface area contributed by atoms with Crippen LogP contribution in [0.15, 0.2) is 12.2 Å². The van der Waals surface area contributed by atoms with Gasteiger partial charge in [-0.1, -0.05) is 19.1 Å². The molecular weight excluding hydrogens is 288 g/mol. The largest absolute Gasteiger partial charge is 0.508 e. The summed E-state index contributed by atoms with van der Waals surface area (Å²) in [4.78, 5) is 36.1. The van der Waals surface area contributed by atoms with E-state index in [1.807, 2.05) is 6.92 Å². The van der Waals surface area contributed by atoms with E-state index in [1.54, 1.807) is 6.92 Å². The van der Waals surface area contributed by atoms with E-state index >= 15 is 0 Å². The number of Topliss-reactive ketones (excluding diaryl/α,β-unsaturated/α-hetero) is 1. The number of ether oxygens (including phenoxy) is 3. The van der Waals surface area contributed by atoms with Gasteiger partial charge in [-0.3, -0.25) is 9.59 Å². The van der Waals surface area contributed by atoms with Crippen molar-refractivity contribution in [2.75, 3.05) is 13.2 Å². The van der Waals surface area contributed by atoms with Crippen LogP contribution < -0.4 is 0 Å². The number of carbonyl (C=O) groups is 3. The summed E-state index contributed by atoms with van der Waals surface area (Å²) in [5.74, 6) is -0.410. The average Bonchev–Trinajstić information content (AvgIpc) is 2.96. The summed E-state index contributed by atoms with van der Waals surface area (Å²) in [5, 5.41) is 0. The van der Waals surface area contributed by atoms with Crippen molar-refractivity contribution >= 4 is 17.9 Å². The SMILES string of the molecule is C=C1CC[C@@]23OC(=O)C[C@@]12C(=O)C[C@@]3(C)COC(=O)OCC. The molecule has 0 aromatic rings. The fraction of sp³-hybridized carbons (Fsp3) is 0.688. The summed E-state index contributed by atoms with van der Waals surface area (Å²) in [6, 6.07) is 0. The van der Waals surface area contributed by atoms with Crippen molar-refractivity contribution in [1.29, 1.82) is 0 Å². The Morgan fingerprint density at radius 3 is 2.73 bits per heavy atom. The third-order valence-corrected chi connectivity index (χ3v) is 5.54. The Labute approximate surface area is 128 Å². The molecule has 3 rings (SSSR count). The van der Waals surface area contributed by atoms with Gasteiger partial charge in [-0.05, 0) is 19.8 Å². The molecule has 0 amide bonds. The molecule has 3 fully saturated rings. The molecule has 2 aliphatic carbocycles. The van der Waals surface area contributed by atoms with Gasteiger partial charge >= 0.3 is 12.1 Å². The lowest BCUT2D eigenvalue weighted by Gasteiger charge is -2.41. The van der Waals surface area contributed by atoms with Crippen LogP contribution in [0.4, 0.5) is 4.79 Å². The molecule has 0 bridgehead atoms. The van der Waals surface area contributed by atoms with E-state index < -0.39 is 22.6 Å². The number of hydrogen-bond acceptors (Lipinski definition) is 6. The van der Waals surface area contributed by atoms with Gasteiger partial charge in [-0.25, -0.2) is 4.79 Å². The lowest BCUT2D eigenvalue weighted by molar-refractivity contribution is -0.165. The highest BCUT2D eigenvalue weighted by molar-refractivity contribution is 6.00. The molecule has 0 radical (unpaired) electrons. The van der Waals surface area contributed by atoms with E-state index in [2.05, 4.69) is 6.58 Å². The summed E-state index contributed by atoms with van der Waals surface area (Å²) in [7, 11) is 0. The van der Waals surface area contributed by atoms with Crippen LogP contribution in [0.25, 0.3) is 0 Å². The Balaban J connectivity index is 1.94. The summed E-state index contributed by atoms with van der Waals surface area (Å²) in [5.41, 5.74) is -1.85. The predicted octanol–water partition coefficient (Wildman–Crippen LogP) is 2.16. The minimum atomic E-state index is -0.934. The normalized spacial score (nSPS) is 39.5. The van der Waals surface area contributed by atoms with Crippen molar-refractivity contribution < 1.29 is 28.6 Å². The van der Waals surface area contributed by atoms with Gasteiger partial charge in [-0.15, -0.1) is 0 Å². The molecule has 1 heterocycles. The standard InChI is InChI=1S/C16H20O6/c1-4-20-13(19)21-9-14(3)7-11(17)15-8-12(18)22-16(14,15)6-5-10(15)2/h2,4-9H2,1,3H3/t14-,15-,16-/m0/s1. The predicted molar refractivity (Wildman–Crippen MR) is 75.0 cm³/mol. The van der Waals surface area contributed by atoms with Gasteiger partial charge in [-0.2, -0.15) is 0 Å². The molecule has 6 nitrogen and oxygen atoms in total. The van der Waals surface area contributed by atoms with Crippen molar-refractivity contribution in [3.05, 3.63) is 12.2 Å². The molecule has 0 N–H and O–H groups in total. The van der Waals surface area contributed by atoms with Crippen LogP contribution in [0.3, 0.4) is 0 Å². The van der Waals surface area contributed by atoms with Gasteiger partial charge in [0.05, 0.1) is 18.4 Å². The van der Waals surface area contributed by atoms with E-state index in [-0.39, 0.29) is 37.8 Å². The first-order valence-corrected chi connectivity index (χ1v) is 7.54. The van der Waals surface area contributed by atoms with E-state index in [4.69, 9.17) is 14.2 Å². The maximum absolute atomic E-state index is 12.7. The van der Waals surface area contributed by atoms with Gasteiger partial charge < -0.3 is 14.2 Å². The second-order valence-electron chi connectivity index (χ2n) is 6.62. The minimum absolute atomic E-state index is 0.0140. The van der Waals surface area contributed by atoms with Gasteiger partial charge in [0.15, 0.2) is 0 Å². The van der Waals surface area contributed by atoms with E-state index in [1.165, 1.54) is 0 Å². The summed E-state index contributed by atoms with van der Waals surface area (Å²) in [6.07, 6.45) is 0.685. The molecule has 0 spiro atoms. The van der Waals surface area contributed by atoms with Crippen molar-refractivity contribution in [3.8, 4) is 0 Å². The third kappa shape index (κ3) is 1.58. The zero-order valence-corrected chi connectivity index (χ0v) is 12.9. The molecule has 2 saturated carbocycles. The molecule has 120 valence electrons. The minimum Gasteiger partial charge on any atom is -0.457 e. The molecule has 3 atom stereocenters. The maximum Gasteiger partial charge on any atom is 0.508 e. The third-order valence-electron chi connectivity index (χ3n) is 5.54. The molecule has 22 heavy (non-hydrogen) atoms. The van der Waals surface area contributed by atoms with E-state index in [9.17, 15) is 14.4 Å².